The Labute approximate surface area is 303 Å². The third-order valence-corrected chi connectivity index (χ3v) is 10.7. The summed E-state index contributed by atoms with van der Waals surface area (Å²) in [6.07, 6.45) is -0.0450. The lowest BCUT2D eigenvalue weighted by Gasteiger charge is -2.33. The summed E-state index contributed by atoms with van der Waals surface area (Å²) in [6, 6.07) is 3.57. The molecule has 1 aliphatic heterocycles. The van der Waals surface area contributed by atoms with E-state index in [0.717, 1.165) is 43.3 Å². The zero-order chi connectivity index (χ0) is 38.9. The molecule has 276 valence electrons. The van der Waals surface area contributed by atoms with Gasteiger partial charge in [0, 0.05) is 0 Å². The van der Waals surface area contributed by atoms with E-state index >= 15 is 0 Å². The van der Waals surface area contributed by atoms with Crippen LogP contribution in [0.15, 0.2) is 18.2 Å². The van der Waals surface area contributed by atoms with Crippen LogP contribution in [0.1, 0.15) is 129 Å². The highest BCUT2D eigenvalue weighted by molar-refractivity contribution is 5.97. The summed E-state index contributed by atoms with van der Waals surface area (Å²) in [7, 11) is 0. The van der Waals surface area contributed by atoms with Gasteiger partial charge in [-0.15, -0.1) is 0 Å². The lowest BCUT2D eigenvalue weighted by atomic mass is 9.81. The SMILES string of the molecule is Cc1cc(C(C)(C)C)c(O)c(C)c1CC1C(=O)N(Cc2c(C)cc(C(C)(C)C)c(O)c2C)C(=O)N(Cc2c(C)cc(C(C)(C)C)c(O)c2C)[N+]1=O. The number of rotatable bonds is 6. The van der Waals surface area contributed by atoms with Crippen LogP contribution in [0.25, 0.3) is 0 Å². The molecule has 1 heterocycles. The molecule has 0 saturated carbocycles. The molecule has 1 fully saturated rings. The van der Waals surface area contributed by atoms with Crippen LogP contribution in [-0.2, 0) is 40.5 Å². The molecular weight excluding hydrogens is 642 g/mol. The Balaban J connectivity index is 1.88. The van der Waals surface area contributed by atoms with Gasteiger partial charge in [0.1, 0.15) is 28.7 Å². The number of hydrazine groups is 1. The number of imide groups is 1. The summed E-state index contributed by atoms with van der Waals surface area (Å²) in [5.41, 5.74) is 7.32. The summed E-state index contributed by atoms with van der Waals surface area (Å²) >= 11 is 0. The minimum absolute atomic E-state index is 0.0450. The third kappa shape index (κ3) is 7.22. The number of benzene rings is 3. The van der Waals surface area contributed by atoms with Crippen molar-refractivity contribution in [1.29, 1.82) is 0 Å². The van der Waals surface area contributed by atoms with Crippen molar-refractivity contribution in [2.45, 2.75) is 146 Å². The monoisotopic (exact) mass is 700 g/mol. The fraction of sp³-hybridized carbons (Fsp3) is 0.524. The smallest absolute Gasteiger partial charge is 0.384 e. The standard InChI is InChI=1S/C42H57N3O6/c1-22-16-31(40(7,8)9)35(46)25(4)28(22)19-34-38(49)43(20-29-23(2)17-32(41(10,11)12)36(47)26(29)5)39(50)44(45(34)51)21-30-24(3)18-33(42(13,14)15)37(48)27(30)6/h16-18,34H,19-21H2,1-15H3,(H2-,46,47,48)/p+1. The number of nitroso groups, excluding NO2 is 1. The van der Waals surface area contributed by atoms with E-state index in [9.17, 15) is 29.8 Å². The predicted octanol–water partition coefficient (Wildman–Crippen LogP) is 8.82. The van der Waals surface area contributed by atoms with Gasteiger partial charge in [-0.05, 0) is 130 Å². The van der Waals surface area contributed by atoms with Gasteiger partial charge >= 0.3 is 18.0 Å². The Hall–Kier alpha value is -4.40. The van der Waals surface area contributed by atoms with Crippen LogP contribution in [0.5, 0.6) is 17.2 Å². The molecule has 3 aromatic rings. The molecule has 0 aliphatic carbocycles. The van der Waals surface area contributed by atoms with E-state index in [2.05, 4.69) is 0 Å². The number of amides is 3. The van der Waals surface area contributed by atoms with Crippen LogP contribution < -0.4 is 0 Å². The lowest BCUT2D eigenvalue weighted by molar-refractivity contribution is -0.714. The van der Waals surface area contributed by atoms with Crippen molar-refractivity contribution in [3.8, 4) is 17.2 Å². The number of carbonyl (C=O) groups excluding carboxylic acids is 2. The fourth-order valence-electron chi connectivity index (χ4n) is 7.26. The summed E-state index contributed by atoms with van der Waals surface area (Å²) in [5.74, 6) is -0.326. The van der Waals surface area contributed by atoms with Crippen LogP contribution in [-0.4, -0.2) is 48.1 Å². The average molecular weight is 701 g/mol. The molecule has 1 aliphatic rings. The van der Waals surface area contributed by atoms with E-state index in [0.29, 0.717) is 38.2 Å². The second-order valence-electron chi connectivity index (χ2n) is 17.6. The Kier molecular flexibility index (Phi) is 10.3. The molecule has 9 nitrogen and oxygen atoms in total. The van der Waals surface area contributed by atoms with E-state index in [-0.39, 0.29) is 53.0 Å². The van der Waals surface area contributed by atoms with Gasteiger partial charge in [0.15, 0.2) is 0 Å². The maximum Gasteiger partial charge on any atom is 0.384 e. The van der Waals surface area contributed by atoms with E-state index < -0.39 is 18.0 Å². The zero-order valence-electron chi connectivity index (χ0n) is 33.3. The van der Waals surface area contributed by atoms with Crippen LogP contribution in [0.4, 0.5) is 4.79 Å². The summed E-state index contributed by atoms with van der Waals surface area (Å²) in [4.78, 5) is 44.8. The number of hydrogen-bond donors (Lipinski definition) is 3. The Bertz CT molecular complexity index is 1700. The highest BCUT2D eigenvalue weighted by atomic mass is 16.4. The molecule has 1 saturated heterocycles. The van der Waals surface area contributed by atoms with Crippen molar-refractivity contribution in [3.05, 3.63) is 89.9 Å². The normalized spacial score (nSPS) is 16.1. The first-order valence-electron chi connectivity index (χ1n) is 17.8. The second kappa shape index (κ2) is 13.3. The number of urea groups is 1. The van der Waals surface area contributed by atoms with Gasteiger partial charge < -0.3 is 15.3 Å². The molecule has 0 aromatic heterocycles. The van der Waals surface area contributed by atoms with E-state index in [1.165, 1.54) is 0 Å². The molecule has 4 rings (SSSR count). The van der Waals surface area contributed by atoms with Gasteiger partial charge in [-0.25, -0.2) is 9.69 Å². The molecule has 1 atom stereocenters. The molecule has 3 N–H and O–H groups in total. The number of aromatic hydroxyl groups is 3. The maximum absolute atomic E-state index is 14.4. The van der Waals surface area contributed by atoms with Crippen molar-refractivity contribution in [2.75, 3.05) is 0 Å². The average Bonchev–Trinajstić information content (AvgIpc) is 2.99. The molecular formula is C42H58N3O6+. The topological polar surface area (TPSA) is 121 Å². The van der Waals surface area contributed by atoms with Gasteiger partial charge in [-0.3, -0.25) is 4.79 Å². The fourth-order valence-corrected chi connectivity index (χ4v) is 7.26. The minimum atomic E-state index is -1.33. The number of carbonyl (C=O) groups is 2. The number of aryl methyl sites for hydroxylation is 3. The first kappa shape index (κ1) is 39.4. The van der Waals surface area contributed by atoms with Crippen LogP contribution in [0.3, 0.4) is 0 Å². The molecule has 0 spiro atoms. The van der Waals surface area contributed by atoms with Crippen molar-refractivity contribution in [3.63, 3.8) is 0 Å². The van der Waals surface area contributed by atoms with Crippen LogP contribution in [0, 0.1) is 46.4 Å². The second-order valence-corrected chi connectivity index (χ2v) is 17.6. The first-order chi connectivity index (χ1) is 23.2. The summed E-state index contributed by atoms with van der Waals surface area (Å²) in [5, 5.41) is 34.8. The summed E-state index contributed by atoms with van der Waals surface area (Å²) in [6.45, 7) is 28.8. The van der Waals surface area contributed by atoms with Gasteiger partial charge in [-0.1, -0.05) is 80.5 Å². The van der Waals surface area contributed by atoms with Crippen molar-refractivity contribution in [1.82, 2.24) is 9.91 Å². The molecule has 3 aromatic carbocycles. The Morgan fingerprint density at radius 3 is 1.29 bits per heavy atom. The highest BCUT2D eigenvalue weighted by Gasteiger charge is 2.53. The maximum atomic E-state index is 14.4. The Morgan fingerprint density at radius 1 is 0.588 bits per heavy atom. The van der Waals surface area contributed by atoms with E-state index in [1.807, 2.05) is 101 Å². The minimum Gasteiger partial charge on any atom is -0.507 e. The number of phenolic OH excluding ortho intramolecular Hbond substituents is 3. The van der Waals surface area contributed by atoms with Crippen LogP contribution >= 0.6 is 0 Å². The molecule has 0 radical (unpaired) electrons. The van der Waals surface area contributed by atoms with Gasteiger partial charge in [0.2, 0.25) is 0 Å². The molecule has 51 heavy (non-hydrogen) atoms. The molecule has 3 amide bonds. The quantitative estimate of drug-likeness (QED) is 0.221. The van der Waals surface area contributed by atoms with Gasteiger partial charge in [-0.2, -0.15) is 0 Å². The van der Waals surface area contributed by atoms with Crippen molar-refractivity contribution in [2.24, 2.45) is 0 Å². The summed E-state index contributed by atoms with van der Waals surface area (Å²) < 4.78 is 0. The number of phenols is 3. The van der Waals surface area contributed by atoms with E-state index in [1.54, 1.807) is 20.8 Å². The zero-order valence-corrected chi connectivity index (χ0v) is 33.3. The van der Waals surface area contributed by atoms with Crippen molar-refractivity contribution >= 4 is 11.9 Å². The first-order valence-corrected chi connectivity index (χ1v) is 17.8. The number of nitrogens with zero attached hydrogens (tertiary/aromatic N) is 3. The number of hydrogen-bond acceptors (Lipinski definition) is 6. The Morgan fingerprint density at radius 2 is 0.922 bits per heavy atom. The van der Waals surface area contributed by atoms with Crippen molar-refractivity contribution < 1.29 is 29.8 Å². The predicted molar refractivity (Wildman–Crippen MR) is 201 cm³/mol. The largest absolute Gasteiger partial charge is 0.507 e. The van der Waals surface area contributed by atoms with Gasteiger partial charge in [0.05, 0.1) is 17.9 Å². The van der Waals surface area contributed by atoms with Gasteiger partial charge in [0.25, 0.3) is 0 Å². The molecule has 9 heteroatoms. The van der Waals surface area contributed by atoms with E-state index in [4.69, 9.17) is 0 Å². The molecule has 0 bridgehead atoms. The highest BCUT2D eigenvalue weighted by Crippen LogP contribution is 2.41. The van der Waals surface area contributed by atoms with Crippen LogP contribution in [0.2, 0.25) is 0 Å². The third-order valence-electron chi connectivity index (χ3n) is 10.7. The molecule has 1 unspecified atom stereocenters. The lowest BCUT2D eigenvalue weighted by Crippen LogP contribution is -2.62.